The van der Waals surface area contributed by atoms with Gasteiger partial charge >= 0.3 is 0 Å². The topological polar surface area (TPSA) is 38.3 Å². The van der Waals surface area contributed by atoms with Crippen LogP contribution in [0, 0.1) is 0 Å². The van der Waals surface area contributed by atoms with Crippen LogP contribution in [0.2, 0.25) is 0 Å². The Balaban J connectivity index is 2.36. The standard InChI is InChI=1S/C15H23NO2/c1-4-12(3)16-15(17)11-8-13-6-9-14(10-7-13)18-5-2/h6-7,9-10,12H,4-5,8,11H2,1-3H3,(H,16,17). The van der Waals surface area contributed by atoms with E-state index >= 15 is 0 Å². The van der Waals surface area contributed by atoms with Gasteiger partial charge in [-0.25, -0.2) is 0 Å². The van der Waals surface area contributed by atoms with Crippen LogP contribution in [0.25, 0.3) is 0 Å². The largest absolute Gasteiger partial charge is 0.494 e. The van der Waals surface area contributed by atoms with Crippen molar-refractivity contribution >= 4 is 5.91 Å². The zero-order chi connectivity index (χ0) is 13.4. The molecule has 1 amide bonds. The Morgan fingerprint density at radius 2 is 1.94 bits per heavy atom. The summed E-state index contributed by atoms with van der Waals surface area (Å²) in [6, 6.07) is 8.19. The van der Waals surface area contributed by atoms with Crippen LogP contribution in [0.5, 0.6) is 5.75 Å². The molecule has 0 saturated heterocycles. The van der Waals surface area contributed by atoms with E-state index in [1.165, 1.54) is 0 Å². The summed E-state index contributed by atoms with van der Waals surface area (Å²) in [4.78, 5) is 11.6. The van der Waals surface area contributed by atoms with Gasteiger partial charge in [0.05, 0.1) is 6.61 Å². The van der Waals surface area contributed by atoms with Gasteiger partial charge in [-0.2, -0.15) is 0 Å². The number of amides is 1. The van der Waals surface area contributed by atoms with Gasteiger partial charge < -0.3 is 10.1 Å². The summed E-state index contributed by atoms with van der Waals surface area (Å²) in [5.41, 5.74) is 1.16. The fourth-order valence-corrected chi connectivity index (χ4v) is 1.63. The fourth-order valence-electron chi connectivity index (χ4n) is 1.63. The molecule has 100 valence electrons. The average Bonchev–Trinajstić information content (AvgIpc) is 2.38. The number of hydrogen-bond acceptors (Lipinski definition) is 2. The lowest BCUT2D eigenvalue weighted by molar-refractivity contribution is -0.121. The molecule has 0 saturated carbocycles. The molecule has 18 heavy (non-hydrogen) atoms. The Hall–Kier alpha value is -1.51. The predicted octanol–water partition coefficient (Wildman–Crippen LogP) is 2.93. The number of aryl methyl sites for hydroxylation is 1. The van der Waals surface area contributed by atoms with E-state index in [0.717, 1.165) is 24.2 Å². The minimum Gasteiger partial charge on any atom is -0.494 e. The van der Waals surface area contributed by atoms with E-state index in [2.05, 4.69) is 12.2 Å². The van der Waals surface area contributed by atoms with Gasteiger partial charge in [0.15, 0.2) is 0 Å². The highest BCUT2D eigenvalue weighted by Gasteiger charge is 2.05. The number of carbonyl (C=O) groups is 1. The normalized spacial score (nSPS) is 11.9. The third-order valence-corrected chi connectivity index (χ3v) is 2.89. The van der Waals surface area contributed by atoms with Gasteiger partial charge in [-0.15, -0.1) is 0 Å². The maximum Gasteiger partial charge on any atom is 0.220 e. The Morgan fingerprint density at radius 3 is 2.50 bits per heavy atom. The Bertz CT molecular complexity index is 359. The smallest absolute Gasteiger partial charge is 0.220 e. The monoisotopic (exact) mass is 249 g/mol. The second-order valence-corrected chi connectivity index (χ2v) is 4.45. The molecule has 1 aromatic carbocycles. The van der Waals surface area contributed by atoms with Gasteiger partial charge in [0.25, 0.3) is 0 Å². The third-order valence-electron chi connectivity index (χ3n) is 2.89. The van der Waals surface area contributed by atoms with Gasteiger partial charge in [-0.3, -0.25) is 4.79 Å². The zero-order valence-electron chi connectivity index (χ0n) is 11.5. The average molecular weight is 249 g/mol. The highest BCUT2D eigenvalue weighted by molar-refractivity contribution is 5.76. The molecule has 1 rings (SSSR count). The van der Waals surface area contributed by atoms with Crippen molar-refractivity contribution < 1.29 is 9.53 Å². The first-order chi connectivity index (χ1) is 8.65. The molecule has 0 aliphatic rings. The van der Waals surface area contributed by atoms with Gasteiger partial charge in [0, 0.05) is 12.5 Å². The molecule has 1 unspecified atom stereocenters. The number of carbonyl (C=O) groups excluding carboxylic acids is 1. The van der Waals surface area contributed by atoms with Crippen LogP contribution < -0.4 is 10.1 Å². The van der Waals surface area contributed by atoms with E-state index < -0.39 is 0 Å². The van der Waals surface area contributed by atoms with Crippen LogP contribution in [-0.2, 0) is 11.2 Å². The van der Waals surface area contributed by atoms with Crippen molar-refractivity contribution in [2.75, 3.05) is 6.61 Å². The fraction of sp³-hybridized carbons (Fsp3) is 0.533. The van der Waals surface area contributed by atoms with Crippen LogP contribution in [0.4, 0.5) is 0 Å². The highest BCUT2D eigenvalue weighted by atomic mass is 16.5. The summed E-state index contributed by atoms with van der Waals surface area (Å²) in [5, 5.41) is 2.97. The summed E-state index contributed by atoms with van der Waals surface area (Å²) in [6.07, 6.45) is 2.28. The maximum absolute atomic E-state index is 11.6. The molecule has 1 atom stereocenters. The lowest BCUT2D eigenvalue weighted by atomic mass is 10.1. The van der Waals surface area contributed by atoms with Crippen LogP contribution in [-0.4, -0.2) is 18.6 Å². The van der Waals surface area contributed by atoms with Crippen molar-refractivity contribution in [3.8, 4) is 5.75 Å². The first kappa shape index (κ1) is 14.6. The summed E-state index contributed by atoms with van der Waals surface area (Å²) in [5.74, 6) is 1.00. The molecule has 0 radical (unpaired) electrons. The number of nitrogens with one attached hydrogen (secondary N) is 1. The quantitative estimate of drug-likeness (QED) is 0.807. The summed E-state index contributed by atoms with van der Waals surface area (Å²) < 4.78 is 5.37. The minimum atomic E-state index is 0.123. The van der Waals surface area contributed by atoms with E-state index in [0.29, 0.717) is 13.0 Å². The van der Waals surface area contributed by atoms with Crippen molar-refractivity contribution in [2.24, 2.45) is 0 Å². The maximum atomic E-state index is 11.6. The van der Waals surface area contributed by atoms with Gasteiger partial charge in [-0.05, 0) is 44.4 Å². The van der Waals surface area contributed by atoms with Crippen LogP contribution in [0.3, 0.4) is 0 Å². The number of rotatable bonds is 7. The van der Waals surface area contributed by atoms with E-state index in [-0.39, 0.29) is 11.9 Å². The van der Waals surface area contributed by atoms with E-state index in [9.17, 15) is 4.79 Å². The van der Waals surface area contributed by atoms with E-state index in [1.807, 2.05) is 38.1 Å². The Kier molecular flexibility index (Phi) is 6.26. The molecule has 0 heterocycles. The lowest BCUT2D eigenvalue weighted by Gasteiger charge is -2.11. The Morgan fingerprint density at radius 1 is 1.28 bits per heavy atom. The predicted molar refractivity (Wildman–Crippen MR) is 73.8 cm³/mol. The Labute approximate surface area is 110 Å². The van der Waals surface area contributed by atoms with Gasteiger partial charge in [-0.1, -0.05) is 19.1 Å². The summed E-state index contributed by atoms with van der Waals surface area (Å²) in [7, 11) is 0. The number of hydrogen-bond donors (Lipinski definition) is 1. The van der Waals surface area contributed by atoms with E-state index in [4.69, 9.17) is 4.74 Å². The minimum absolute atomic E-state index is 0.123. The van der Waals surface area contributed by atoms with Crippen molar-refractivity contribution in [3.05, 3.63) is 29.8 Å². The first-order valence-electron chi connectivity index (χ1n) is 6.66. The first-order valence-corrected chi connectivity index (χ1v) is 6.66. The highest BCUT2D eigenvalue weighted by Crippen LogP contribution is 2.13. The molecule has 3 heteroatoms. The molecule has 0 spiro atoms. The summed E-state index contributed by atoms with van der Waals surface area (Å²) in [6.45, 7) is 6.73. The van der Waals surface area contributed by atoms with Crippen molar-refractivity contribution in [1.29, 1.82) is 0 Å². The molecule has 0 fully saturated rings. The van der Waals surface area contributed by atoms with Crippen LogP contribution >= 0.6 is 0 Å². The van der Waals surface area contributed by atoms with Crippen LogP contribution in [0.15, 0.2) is 24.3 Å². The summed E-state index contributed by atoms with van der Waals surface area (Å²) >= 11 is 0. The molecular formula is C15H23NO2. The molecule has 0 bridgehead atoms. The molecule has 1 aromatic rings. The SMILES string of the molecule is CCOc1ccc(CCC(=O)NC(C)CC)cc1. The molecule has 0 aromatic heterocycles. The molecule has 3 nitrogen and oxygen atoms in total. The van der Waals surface area contributed by atoms with Crippen molar-refractivity contribution in [3.63, 3.8) is 0 Å². The number of benzene rings is 1. The molecule has 0 aliphatic heterocycles. The zero-order valence-corrected chi connectivity index (χ0v) is 11.5. The molecular weight excluding hydrogens is 226 g/mol. The van der Waals surface area contributed by atoms with Crippen molar-refractivity contribution in [2.45, 2.75) is 46.1 Å². The number of ether oxygens (including phenoxy) is 1. The van der Waals surface area contributed by atoms with Crippen LogP contribution in [0.1, 0.15) is 39.2 Å². The molecule has 0 aliphatic carbocycles. The third kappa shape index (κ3) is 5.21. The van der Waals surface area contributed by atoms with Crippen molar-refractivity contribution in [1.82, 2.24) is 5.32 Å². The molecule has 1 N–H and O–H groups in total. The van der Waals surface area contributed by atoms with E-state index in [1.54, 1.807) is 0 Å². The van der Waals surface area contributed by atoms with Gasteiger partial charge in [0.2, 0.25) is 5.91 Å². The van der Waals surface area contributed by atoms with Gasteiger partial charge in [0.1, 0.15) is 5.75 Å². The lowest BCUT2D eigenvalue weighted by Crippen LogP contribution is -2.31. The second kappa shape index (κ2) is 7.75. The second-order valence-electron chi connectivity index (χ2n) is 4.45.